The number of hydrogen-bond donors (Lipinski definition) is 0. The summed E-state index contributed by atoms with van der Waals surface area (Å²) in [6, 6.07) is 12.1. The first-order valence-corrected chi connectivity index (χ1v) is 8.39. The Balaban J connectivity index is 1.52. The third-order valence-electron chi connectivity index (χ3n) is 4.54. The van der Waals surface area contributed by atoms with Crippen LogP contribution in [0.5, 0.6) is 11.5 Å². The number of nitrogens with zero attached hydrogens (tertiary/aromatic N) is 3. The Morgan fingerprint density at radius 2 is 1.83 bits per heavy atom. The second-order valence-corrected chi connectivity index (χ2v) is 5.94. The van der Waals surface area contributed by atoms with Crippen molar-refractivity contribution >= 4 is 5.82 Å². The number of methoxy groups -OCH3 is 2. The summed E-state index contributed by atoms with van der Waals surface area (Å²) in [6.45, 7) is 5.22. The fourth-order valence-corrected chi connectivity index (χ4v) is 3.08. The molecular weight excluding hydrogens is 302 g/mol. The number of ether oxygens (including phenoxy) is 2. The maximum Gasteiger partial charge on any atom is 0.128 e. The van der Waals surface area contributed by atoms with Gasteiger partial charge in [-0.25, -0.2) is 4.98 Å². The van der Waals surface area contributed by atoms with E-state index in [1.807, 2.05) is 30.5 Å². The van der Waals surface area contributed by atoms with Crippen LogP contribution in [0.15, 0.2) is 42.6 Å². The van der Waals surface area contributed by atoms with E-state index in [-0.39, 0.29) is 0 Å². The van der Waals surface area contributed by atoms with E-state index >= 15 is 0 Å². The van der Waals surface area contributed by atoms with Crippen molar-refractivity contribution < 1.29 is 9.47 Å². The predicted molar refractivity (Wildman–Crippen MR) is 96.1 cm³/mol. The summed E-state index contributed by atoms with van der Waals surface area (Å²) in [4.78, 5) is 9.29. The van der Waals surface area contributed by atoms with E-state index in [2.05, 4.69) is 26.9 Å². The minimum atomic E-state index is 0.833. The summed E-state index contributed by atoms with van der Waals surface area (Å²) in [5, 5.41) is 0. The van der Waals surface area contributed by atoms with Gasteiger partial charge in [0, 0.05) is 45.0 Å². The molecule has 1 aliphatic rings. The Morgan fingerprint density at radius 3 is 2.50 bits per heavy atom. The molecule has 1 aliphatic heterocycles. The van der Waals surface area contributed by atoms with E-state index < -0.39 is 0 Å². The zero-order valence-electron chi connectivity index (χ0n) is 14.4. The van der Waals surface area contributed by atoms with Gasteiger partial charge in [-0.2, -0.15) is 0 Å². The molecule has 128 valence electrons. The Morgan fingerprint density at radius 1 is 1.00 bits per heavy atom. The van der Waals surface area contributed by atoms with Crippen molar-refractivity contribution in [3.8, 4) is 11.5 Å². The second-order valence-electron chi connectivity index (χ2n) is 5.94. The molecule has 0 bridgehead atoms. The molecule has 0 radical (unpaired) electrons. The van der Waals surface area contributed by atoms with E-state index in [9.17, 15) is 0 Å². The normalized spacial score (nSPS) is 15.3. The fraction of sp³-hybridized carbons (Fsp3) is 0.421. The number of anilines is 1. The molecule has 5 nitrogen and oxygen atoms in total. The quantitative estimate of drug-likeness (QED) is 0.815. The Hall–Kier alpha value is -2.27. The van der Waals surface area contributed by atoms with E-state index in [4.69, 9.17) is 9.47 Å². The summed E-state index contributed by atoms with van der Waals surface area (Å²) >= 11 is 0. The first kappa shape index (κ1) is 16.6. The minimum absolute atomic E-state index is 0.833. The average molecular weight is 327 g/mol. The SMILES string of the molecule is COc1ccc(CCN2CCN(c3ccccn3)CC2)c(OC)c1. The van der Waals surface area contributed by atoms with E-state index in [1.54, 1.807) is 14.2 Å². The molecule has 1 aromatic heterocycles. The van der Waals surface area contributed by atoms with Gasteiger partial charge < -0.3 is 14.4 Å². The number of piperazine rings is 1. The Labute approximate surface area is 143 Å². The molecule has 1 fully saturated rings. The van der Waals surface area contributed by atoms with Gasteiger partial charge in [-0.05, 0) is 30.2 Å². The third kappa shape index (κ3) is 3.97. The van der Waals surface area contributed by atoms with Gasteiger partial charge in [-0.1, -0.05) is 12.1 Å². The first-order valence-electron chi connectivity index (χ1n) is 8.39. The van der Waals surface area contributed by atoms with Crippen LogP contribution in [-0.4, -0.2) is 56.8 Å². The second kappa shape index (κ2) is 8.02. The van der Waals surface area contributed by atoms with Crippen LogP contribution in [0.1, 0.15) is 5.56 Å². The Bertz CT molecular complexity index is 640. The van der Waals surface area contributed by atoms with Crippen LogP contribution >= 0.6 is 0 Å². The van der Waals surface area contributed by atoms with Crippen molar-refractivity contribution in [1.29, 1.82) is 0 Å². The number of rotatable bonds is 6. The molecule has 0 saturated carbocycles. The largest absolute Gasteiger partial charge is 0.497 e. The molecule has 0 amide bonds. The topological polar surface area (TPSA) is 37.8 Å². The van der Waals surface area contributed by atoms with Gasteiger partial charge >= 0.3 is 0 Å². The molecule has 1 aromatic carbocycles. The van der Waals surface area contributed by atoms with Crippen molar-refractivity contribution in [3.05, 3.63) is 48.2 Å². The highest BCUT2D eigenvalue weighted by Crippen LogP contribution is 2.25. The van der Waals surface area contributed by atoms with Crippen molar-refractivity contribution in [2.75, 3.05) is 51.8 Å². The molecule has 0 atom stereocenters. The van der Waals surface area contributed by atoms with Crippen LogP contribution in [0, 0.1) is 0 Å². The summed E-state index contributed by atoms with van der Waals surface area (Å²) < 4.78 is 10.7. The van der Waals surface area contributed by atoms with Gasteiger partial charge in [-0.15, -0.1) is 0 Å². The van der Waals surface area contributed by atoms with E-state index in [0.29, 0.717) is 0 Å². The number of benzene rings is 1. The van der Waals surface area contributed by atoms with Gasteiger partial charge in [0.25, 0.3) is 0 Å². The highest BCUT2D eigenvalue weighted by molar-refractivity contribution is 5.41. The van der Waals surface area contributed by atoms with Crippen molar-refractivity contribution in [1.82, 2.24) is 9.88 Å². The molecular formula is C19H25N3O2. The maximum absolute atomic E-state index is 5.49. The zero-order valence-corrected chi connectivity index (χ0v) is 14.4. The van der Waals surface area contributed by atoms with Crippen molar-refractivity contribution in [2.24, 2.45) is 0 Å². The van der Waals surface area contributed by atoms with Crippen LogP contribution in [-0.2, 0) is 6.42 Å². The number of aromatic nitrogens is 1. The van der Waals surface area contributed by atoms with Gasteiger partial charge in [0.2, 0.25) is 0 Å². The summed E-state index contributed by atoms with van der Waals surface area (Å²) in [5.74, 6) is 2.81. The smallest absolute Gasteiger partial charge is 0.128 e. The molecule has 0 aliphatic carbocycles. The van der Waals surface area contributed by atoms with Crippen molar-refractivity contribution in [2.45, 2.75) is 6.42 Å². The van der Waals surface area contributed by atoms with Crippen LogP contribution in [0.3, 0.4) is 0 Å². The average Bonchev–Trinajstić information content (AvgIpc) is 2.67. The summed E-state index contributed by atoms with van der Waals surface area (Å²) in [5.41, 5.74) is 1.23. The van der Waals surface area contributed by atoms with Crippen LogP contribution in [0.2, 0.25) is 0 Å². The fourth-order valence-electron chi connectivity index (χ4n) is 3.08. The monoisotopic (exact) mass is 327 g/mol. The molecule has 0 unspecified atom stereocenters. The van der Waals surface area contributed by atoms with Crippen LogP contribution in [0.4, 0.5) is 5.82 Å². The zero-order chi connectivity index (χ0) is 16.8. The lowest BCUT2D eigenvalue weighted by Crippen LogP contribution is -2.47. The Kier molecular flexibility index (Phi) is 5.54. The van der Waals surface area contributed by atoms with Gasteiger partial charge in [0.05, 0.1) is 14.2 Å². The molecule has 1 saturated heterocycles. The van der Waals surface area contributed by atoms with Gasteiger partial charge in [0.15, 0.2) is 0 Å². The van der Waals surface area contributed by atoms with Gasteiger partial charge in [-0.3, -0.25) is 4.90 Å². The molecule has 3 rings (SSSR count). The van der Waals surface area contributed by atoms with Crippen LogP contribution in [0.25, 0.3) is 0 Å². The predicted octanol–water partition coefficient (Wildman–Crippen LogP) is 2.46. The third-order valence-corrected chi connectivity index (χ3v) is 4.54. The molecule has 24 heavy (non-hydrogen) atoms. The minimum Gasteiger partial charge on any atom is -0.497 e. The summed E-state index contributed by atoms with van der Waals surface area (Å²) in [6.07, 6.45) is 2.84. The molecule has 0 N–H and O–H groups in total. The van der Waals surface area contributed by atoms with Gasteiger partial charge in [0.1, 0.15) is 17.3 Å². The lowest BCUT2D eigenvalue weighted by atomic mass is 10.1. The molecule has 5 heteroatoms. The standard InChI is InChI=1S/C19H25N3O2/c1-23-17-7-6-16(18(15-17)24-2)8-10-21-11-13-22(14-12-21)19-5-3-4-9-20-19/h3-7,9,15H,8,10-14H2,1-2H3. The van der Waals surface area contributed by atoms with Crippen molar-refractivity contribution in [3.63, 3.8) is 0 Å². The molecule has 2 heterocycles. The van der Waals surface area contributed by atoms with E-state index in [1.165, 1.54) is 5.56 Å². The first-order chi connectivity index (χ1) is 11.8. The molecule has 0 spiro atoms. The number of pyridine rings is 1. The lowest BCUT2D eigenvalue weighted by molar-refractivity contribution is 0.259. The summed E-state index contributed by atoms with van der Waals surface area (Å²) in [7, 11) is 3.39. The molecule has 2 aromatic rings. The van der Waals surface area contributed by atoms with E-state index in [0.717, 1.165) is 56.5 Å². The maximum atomic E-state index is 5.49. The highest BCUT2D eigenvalue weighted by Gasteiger charge is 2.18. The highest BCUT2D eigenvalue weighted by atomic mass is 16.5. The van der Waals surface area contributed by atoms with Crippen LogP contribution < -0.4 is 14.4 Å². The number of hydrogen-bond acceptors (Lipinski definition) is 5. The lowest BCUT2D eigenvalue weighted by Gasteiger charge is -2.35.